The number of hydrogen-bond acceptors (Lipinski definition) is 3. The second-order valence-electron chi connectivity index (χ2n) is 6.30. The van der Waals surface area contributed by atoms with Crippen molar-refractivity contribution in [2.24, 2.45) is 4.99 Å². The van der Waals surface area contributed by atoms with Crippen molar-refractivity contribution < 1.29 is 0 Å². The molecule has 1 saturated heterocycles. The molecule has 0 aliphatic carbocycles. The van der Waals surface area contributed by atoms with Gasteiger partial charge in [-0.15, -0.1) is 0 Å². The van der Waals surface area contributed by atoms with Gasteiger partial charge >= 0.3 is 0 Å². The average molecular weight is 323 g/mol. The summed E-state index contributed by atoms with van der Waals surface area (Å²) in [5, 5.41) is 12.4. The van der Waals surface area contributed by atoms with Crippen LogP contribution >= 0.6 is 0 Å². The first kappa shape index (κ1) is 16.5. The summed E-state index contributed by atoms with van der Waals surface area (Å²) in [5.74, 6) is 0.981. The molecule has 0 saturated carbocycles. The van der Waals surface area contributed by atoms with Gasteiger partial charge in [-0.1, -0.05) is 24.3 Å². The van der Waals surface area contributed by atoms with Crippen LogP contribution in [0.4, 0.5) is 0 Å². The van der Waals surface area contributed by atoms with E-state index in [4.69, 9.17) is 10.3 Å². The Labute approximate surface area is 144 Å². The molecular weight excluding hydrogens is 298 g/mol. The first-order chi connectivity index (χ1) is 11.8. The molecule has 0 radical (unpaired) electrons. The quantitative estimate of drug-likeness (QED) is 0.523. The highest BCUT2D eigenvalue weighted by Crippen LogP contribution is 2.18. The predicted molar refractivity (Wildman–Crippen MR) is 96.7 cm³/mol. The largest absolute Gasteiger partial charge is 0.357 e. The number of nitriles is 1. The lowest BCUT2D eigenvalue weighted by atomic mass is 10.1. The molecular formula is C19H25N5. The summed E-state index contributed by atoms with van der Waals surface area (Å²) in [6, 6.07) is 10.5. The Bertz CT molecular complexity index is 650. The van der Waals surface area contributed by atoms with E-state index in [1.165, 1.54) is 6.42 Å². The van der Waals surface area contributed by atoms with E-state index in [1.54, 1.807) is 0 Å². The number of likely N-dealkylation sites (tertiary alicyclic amines) is 1. The number of nitrogens with zero attached hydrogens (tertiary/aromatic N) is 4. The average Bonchev–Trinajstić information content (AvgIpc) is 3.29. The van der Waals surface area contributed by atoms with Gasteiger partial charge in [-0.3, -0.25) is 4.90 Å². The second-order valence-corrected chi connectivity index (χ2v) is 6.30. The van der Waals surface area contributed by atoms with Gasteiger partial charge in [0, 0.05) is 38.8 Å². The maximum atomic E-state index is 9.01. The predicted octanol–water partition coefficient (Wildman–Crippen LogP) is 1.97. The lowest BCUT2D eigenvalue weighted by Gasteiger charge is -2.25. The van der Waals surface area contributed by atoms with E-state index in [0.29, 0.717) is 18.2 Å². The molecule has 1 N–H and O–H groups in total. The minimum Gasteiger partial charge on any atom is -0.357 e. The Morgan fingerprint density at radius 3 is 2.96 bits per heavy atom. The normalized spacial score (nSPS) is 21.2. The molecule has 2 heterocycles. The molecule has 1 fully saturated rings. The summed E-state index contributed by atoms with van der Waals surface area (Å²) in [4.78, 5) is 9.68. The Kier molecular flexibility index (Phi) is 5.50. The van der Waals surface area contributed by atoms with E-state index in [2.05, 4.69) is 40.3 Å². The van der Waals surface area contributed by atoms with Gasteiger partial charge in [0.05, 0.1) is 18.2 Å². The summed E-state index contributed by atoms with van der Waals surface area (Å²) in [6.45, 7) is 7.80. The highest BCUT2D eigenvalue weighted by molar-refractivity contribution is 5.80. The van der Waals surface area contributed by atoms with Gasteiger partial charge in [-0.25, -0.2) is 4.99 Å². The first-order valence-electron chi connectivity index (χ1n) is 8.71. The van der Waals surface area contributed by atoms with Gasteiger partial charge in [-0.05, 0) is 31.0 Å². The maximum Gasteiger partial charge on any atom is 0.194 e. The molecule has 0 aromatic heterocycles. The monoisotopic (exact) mass is 323 g/mol. The molecule has 5 nitrogen and oxygen atoms in total. The van der Waals surface area contributed by atoms with Crippen LogP contribution in [0.3, 0.4) is 0 Å². The van der Waals surface area contributed by atoms with Gasteiger partial charge in [0.15, 0.2) is 5.96 Å². The molecule has 2 aliphatic rings. The zero-order chi connectivity index (χ0) is 16.8. The lowest BCUT2D eigenvalue weighted by molar-refractivity contribution is 0.259. The molecule has 126 valence electrons. The number of rotatable bonds is 4. The van der Waals surface area contributed by atoms with Crippen LogP contribution in [0.15, 0.2) is 41.4 Å². The van der Waals surface area contributed by atoms with Crippen LogP contribution in [0.1, 0.15) is 24.5 Å². The van der Waals surface area contributed by atoms with Gasteiger partial charge in [0.1, 0.15) is 0 Å². The molecule has 5 heteroatoms. The molecule has 1 unspecified atom stereocenters. The van der Waals surface area contributed by atoms with E-state index >= 15 is 0 Å². The highest BCUT2D eigenvalue weighted by Gasteiger charge is 2.29. The standard InChI is InChI=1S/C19H25N5/c1-2-21-19(22-14-17-7-5-6-16(12-17)13-20)24-11-8-18(15-24)23-9-3-4-10-23/h3-7,12,18H,2,8-11,14-15H2,1H3,(H,21,22). The molecule has 0 spiro atoms. The molecule has 0 bridgehead atoms. The molecule has 1 atom stereocenters. The minimum atomic E-state index is 0.601. The van der Waals surface area contributed by atoms with Gasteiger partial charge in [0.25, 0.3) is 0 Å². The van der Waals surface area contributed by atoms with Crippen molar-refractivity contribution in [1.82, 2.24) is 15.1 Å². The third-order valence-corrected chi connectivity index (χ3v) is 4.63. The summed E-state index contributed by atoms with van der Waals surface area (Å²) >= 11 is 0. The van der Waals surface area contributed by atoms with Gasteiger partial charge < -0.3 is 10.2 Å². The fraction of sp³-hybridized carbons (Fsp3) is 0.474. The molecule has 1 aromatic rings. The van der Waals surface area contributed by atoms with E-state index in [1.807, 2.05) is 24.3 Å². The van der Waals surface area contributed by atoms with Crippen LogP contribution in [0, 0.1) is 11.3 Å². The third-order valence-electron chi connectivity index (χ3n) is 4.63. The molecule has 3 rings (SSSR count). The van der Waals surface area contributed by atoms with Crippen molar-refractivity contribution in [3.63, 3.8) is 0 Å². The van der Waals surface area contributed by atoms with Crippen molar-refractivity contribution in [1.29, 1.82) is 5.26 Å². The maximum absolute atomic E-state index is 9.01. The van der Waals surface area contributed by atoms with E-state index < -0.39 is 0 Å². The molecule has 24 heavy (non-hydrogen) atoms. The van der Waals surface area contributed by atoms with Crippen LogP contribution in [-0.2, 0) is 6.54 Å². The minimum absolute atomic E-state index is 0.601. The zero-order valence-electron chi connectivity index (χ0n) is 14.3. The van der Waals surface area contributed by atoms with E-state index in [-0.39, 0.29) is 0 Å². The Morgan fingerprint density at radius 1 is 1.38 bits per heavy atom. The van der Waals surface area contributed by atoms with Crippen molar-refractivity contribution in [2.75, 3.05) is 32.7 Å². The van der Waals surface area contributed by atoms with E-state index in [0.717, 1.165) is 44.2 Å². The van der Waals surface area contributed by atoms with E-state index in [9.17, 15) is 0 Å². The first-order valence-corrected chi connectivity index (χ1v) is 8.71. The SMILES string of the molecule is CCNC(=NCc1cccc(C#N)c1)N1CCC(N2CC=CC2)C1. The van der Waals surface area contributed by atoms with Crippen LogP contribution in [0.5, 0.6) is 0 Å². The van der Waals surface area contributed by atoms with Crippen molar-refractivity contribution in [3.05, 3.63) is 47.5 Å². The Morgan fingerprint density at radius 2 is 2.21 bits per heavy atom. The third kappa shape index (κ3) is 3.95. The molecule has 2 aliphatic heterocycles. The Hall–Kier alpha value is -2.32. The lowest BCUT2D eigenvalue weighted by Crippen LogP contribution is -2.42. The number of nitrogens with one attached hydrogen (secondary N) is 1. The smallest absolute Gasteiger partial charge is 0.194 e. The second kappa shape index (κ2) is 7.98. The van der Waals surface area contributed by atoms with Crippen LogP contribution in [0.25, 0.3) is 0 Å². The number of benzene rings is 1. The number of hydrogen-bond donors (Lipinski definition) is 1. The van der Waals surface area contributed by atoms with Crippen molar-refractivity contribution in [2.45, 2.75) is 25.9 Å². The fourth-order valence-electron chi connectivity index (χ4n) is 3.36. The summed E-state index contributed by atoms with van der Waals surface area (Å²) in [5.41, 5.74) is 1.76. The van der Waals surface area contributed by atoms with Crippen molar-refractivity contribution >= 4 is 5.96 Å². The number of aliphatic imine (C=N–C) groups is 1. The topological polar surface area (TPSA) is 54.7 Å². The summed E-state index contributed by atoms with van der Waals surface area (Å²) in [7, 11) is 0. The summed E-state index contributed by atoms with van der Waals surface area (Å²) < 4.78 is 0. The summed E-state index contributed by atoms with van der Waals surface area (Å²) in [6.07, 6.45) is 5.70. The van der Waals surface area contributed by atoms with Crippen LogP contribution in [0.2, 0.25) is 0 Å². The highest BCUT2D eigenvalue weighted by atomic mass is 15.3. The van der Waals surface area contributed by atoms with Crippen molar-refractivity contribution in [3.8, 4) is 6.07 Å². The number of guanidine groups is 1. The zero-order valence-corrected chi connectivity index (χ0v) is 14.3. The van der Waals surface area contributed by atoms with Gasteiger partial charge in [-0.2, -0.15) is 5.26 Å². The molecule has 0 amide bonds. The fourth-order valence-corrected chi connectivity index (χ4v) is 3.36. The Balaban J connectivity index is 1.64. The molecule has 1 aromatic carbocycles. The van der Waals surface area contributed by atoms with Gasteiger partial charge in [0.2, 0.25) is 0 Å². The van der Waals surface area contributed by atoms with Crippen LogP contribution < -0.4 is 5.32 Å². The van der Waals surface area contributed by atoms with Crippen LogP contribution in [-0.4, -0.2) is 54.5 Å².